The molecular formula is C41H24N4. The van der Waals surface area contributed by atoms with E-state index in [9.17, 15) is 0 Å². The highest BCUT2D eigenvalue weighted by atomic mass is 15.0. The second kappa shape index (κ2) is 9.87. The summed E-state index contributed by atoms with van der Waals surface area (Å²) in [7, 11) is 0. The molecule has 3 heterocycles. The van der Waals surface area contributed by atoms with E-state index in [0.717, 1.165) is 77.1 Å². The zero-order valence-corrected chi connectivity index (χ0v) is 24.1. The molecule has 9 rings (SSSR count). The standard InChI is InChI=1S/C41H24N4/c1-42-30-18-21-38-35(24-30)34-22-27(17-20-37(34)45(38)31-13-6-3-7-14-31)28-16-19-33-36(23-28)44-40(26-10-4-2-5-11-26)41-39(33)32-15-9-8-12-29(32)25-43-41/h2-25H. The number of fused-ring (bicyclic) bond motifs is 8. The van der Waals surface area contributed by atoms with E-state index in [1.165, 1.54) is 5.39 Å². The first-order chi connectivity index (χ1) is 22.3. The molecular weight excluding hydrogens is 548 g/mol. The Morgan fingerprint density at radius 1 is 0.556 bits per heavy atom. The van der Waals surface area contributed by atoms with Gasteiger partial charge in [0.1, 0.15) is 0 Å². The Labute approximate surface area is 259 Å². The lowest BCUT2D eigenvalue weighted by molar-refractivity contribution is 1.18. The predicted octanol–water partition coefficient (Wildman–Crippen LogP) is 10.9. The maximum atomic E-state index is 7.65. The number of aromatic nitrogens is 3. The van der Waals surface area contributed by atoms with Gasteiger partial charge in [-0.2, -0.15) is 0 Å². The van der Waals surface area contributed by atoms with Crippen LogP contribution in [-0.2, 0) is 0 Å². The molecule has 9 aromatic rings. The zero-order chi connectivity index (χ0) is 29.9. The lowest BCUT2D eigenvalue weighted by Crippen LogP contribution is -1.94. The molecule has 0 amide bonds. The van der Waals surface area contributed by atoms with Crippen molar-refractivity contribution in [2.45, 2.75) is 0 Å². The minimum absolute atomic E-state index is 0.635. The first-order valence-electron chi connectivity index (χ1n) is 14.9. The van der Waals surface area contributed by atoms with Crippen LogP contribution in [0.3, 0.4) is 0 Å². The largest absolute Gasteiger partial charge is 0.309 e. The summed E-state index contributed by atoms with van der Waals surface area (Å²) in [6.07, 6.45) is 1.95. The number of nitrogens with zero attached hydrogens (tertiary/aromatic N) is 4. The molecule has 0 spiro atoms. The number of benzene rings is 6. The van der Waals surface area contributed by atoms with E-state index in [1.807, 2.05) is 42.6 Å². The fraction of sp³-hybridized carbons (Fsp3) is 0. The molecule has 0 aliphatic heterocycles. The van der Waals surface area contributed by atoms with Crippen molar-refractivity contribution in [1.82, 2.24) is 14.5 Å². The first kappa shape index (κ1) is 25.2. The number of hydrogen-bond donors (Lipinski definition) is 0. The molecule has 0 aliphatic carbocycles. The smallest absolute Gasteiger partial charge is 0.188 e. The highest BCUT2D eigenvalue weighted by Gasteiger charge is 2.17. The summed E-state index contributed by atoms with van der Waals surface area (Å²) in [5.74, 6) is 0. The fourth-order valence-electron chi connectivity index (χ4n) is 6.72. The van der Waals surface area contributed by atoms with Crippen LogP contribution in [0, 0.1) is 6.57 Å². The average Bonchev–Trinajstić information content (AvgIpc) is 3.44. The van der Waals surface area contributed by atoms with E-state index in [-0.39, 0.29) is 0 Å². The van der Waals surface area contributed by atoms with Gasteiger partial charge >= 0.3 is 0 Å². The molecule has 0 bridgehead atoms. The van der Waals surface area contributed by atoms with Gasteiger partial charge < -0.3 is 4.57 Å². The summed E-state index contributed by atoms with van der Waals surface area (Å²) < 4.78 is 2.28. The second-order valence-electron chi connectivity index (χ2n) is 11.3. The van der Waals surface area contributed by atoms with Crippen LogP contribution < -0.4 is 0 Å². The fourth-order valence-corrected chi connectivity index (χ4v) is 6.72. The van der Waals surface area contributed by atoms with Crippen molar-refractivity contribution < 1.29 is 0 Å². The minimum atomic E-state index is 0.635. The second-order valence-corrected chi connectivity index (χ2v) is 11.3. The number of pyridine rings is 2. The van der Waals surface area contributed by atoms with Gasteiger partial charge in [-0.3, -0.25) is 4.98 Å². The summed E-state index contributed by atoms with van der Waals surface area (Å²) >= 11 is 0. The van der Waals surface area contributed by atoms with Crippen molar-refractivity contribution in [3.05, 3.63) is 157 Å². The number of hydrogen-bond acceptors (Lipinski definition) is 2. The molecule has 0 atom stereocenters. The Morgan fingerprint density at radius 2 is 1.24 bits per heavy atom. The normalized spacial score (nSPS) is 11.5. The van der Waals surface area contributed by atoms with Crippen molar-refractivity contribution >= 4 is 60.1 Å². The van der Waals surface area contributed by atoms with Crippen LogP contribution in [0.4, 0.5) is 5.69 Å². The zero-order valence-electron chi connectivity index (χ0n) is 24.1. The Balaban J connectivity index is 1.31. The van der Waals surface area contributed by atoms with Gasteiger partial charge in [0.2, 0.25) is 0 Å². The van der Waals surface area contributed by atoms with Crippen LogP contribution in [0.2, 0.25) is 0 Å². The first-order valence-corrected chi connectivity index (χ1v) is 14.9. The van der Waals surface area contributed by atoms with Gasteiger partial charge in [-0.05, 0) is 64.4 Å². The molecule has 4 heteroatoms. The van der Waals surface area contributed by atoms with E-state index in [4.69, 9.17) is 16.5 Å². The van der Waals surface area contributed by atoms with Crippen LogP contribution in [-0.4, -0.2) is 14.5 Å². The van der Waals surface area contributed by atoms with Crippen molar-refractivity contribution in [2.75, 3.05) is 0 Å². The van der Waals surface area contributed by atoms with Gasteiger partial charge in [-0.25, -0.2) is 9.83 Å². The molecule has 0 radical (unpaired) electrons. The lowest BCUT2D eigenvalue weighted by atomic mass is 9.96. The molecule has 0 unspecified atom stereocenters. The van der Waals surface area contributed by atoms with Crippen LogP contribution in [0.25, 0.3) is 87.3 Å². The predicted molar refractivity (Wildman–Crippen MR) is 186 cm³/mol. The maximum Gasteiger partial charge on any atom is 0.188 e. The van der Waals surface area contributed by atoms with Gasteiger partial charge in [-0.15, -0.1) is 0 Å². The molecule has 0 N–H and O–H groups in total. The van der Waals surface area contributed by atoms with Crippen LogP contribution >= 0.6 is 0 Å². The van der Waals surface area contributed by atoms with E-state index in [2.05, 4.69) is 113 Å². The van der Waals surface area contributed by atoms with E-state index < -0.39 is 0 Å². The Morgan fingerprint density at radius 3 is 2.07 bits per heavy atom. The SMILES string of the molecule is [C-]#[N+]c1ccc2c(c1)c1cc(-c3ccc4c(c3)nc(-c3ccccc3)c3ncc5ccccc5c34)ccc1n2-c1ccccc1. The highest BCUT2D eigenvalue weighted by Crippen LogP contribution is 2.39. The molecule has 0 aliphatic rings. The van der Waals surface area contributed by atoms with Gasteiger partial charge in [0.05, 0.1) is 34.3 Å². The van der Waals surface area contributed by atoms with E-state index in [1.54, 1.807) is 0 Å². The van der Waals surface area contributed by atoms with Gasteiger partial charge in [0, 0.05) is 39.0 Å². The average molecular weight is 573 g/mol. The molecule has 6 aromatic carbocycles. The van der Waals surface area contributed by atoms with Crippen LogP contribution in [0.1, 0.15) is 0 Å². The molecule has 208 valence electrons. The van der Waals surface area contributed by atoms with Crippen molar-refractivity contribution in [3.8, 4) is 28.1 Å². The number of rotatable bonds is 3. The molecule has 4 nitrogen and oxygen atoms in total. The molecule has 0 saturated heterocycles. The van der Waals surface area contributed by atoms with Gasteiger partial charge in [0.15, 0.2) is 5.69 Å². The third-order valence-electron chi connectivity index (χ3n) is 8.80. The van der Waals surface area contributed by atoms with Crippen molar-refractivity contribution in [2.24, 2.45) is 0 Å². The monoisotopic (exact) mass is 572 g/mol. The maximum absolute atomic E-state index is 7.65. The summed E-state index contributed by atoms with van der Waals surface area (Å²) in [5.41, 5.74) is 9.87. The molecule has 3 aromatic heterocycles. The van der Waals surface area contributed by atoms with Gasteiger partial charge in [-0.1, -0.05) is 97.1 Å². The third-order valence-corrected chi connectivity index (χ3v) is 8.80. The van der Waals surface area contributed by atoms with E-state index in [0.29, 0.717) is 5.69 Å². The summed E-state index contributed by atoms with van der Waals surface area (Å²) in [5, 5.41) is 6.67. The topological polar surface area (TPSA) is 35.1 Å². The van der Waals surface area contributed by atoms with E-state index >= 15 is 0 Å². The molecule has 45 heavy (non-hydrogen) atoms. The number of para-hydroxylation sites is 1. The van der Waals surface area contributed by atoms with Crippen molar-refractivity contribution in [1.29, 1.82) is 0 Å². The summed E-state index contributed by atoms with van der Waals surface area (Å²) in [6, 6.07) is 48.3. The van der Waals surface area contributed by atoms with Crippen LogP contribution in [0.15, 0.2) is 146 Å². The molecule has 0 fully saturated rings. The van der Waals surface area contributed by atoms with Crippen LogP contribution in [0.5, 0.6) is 0 Å². The third kappa shape index (κ3) is 3.92. The highest BCUT2D eigenvalue weighted by molar-refractivity contribution is 6.21. The van der Waals surface area contributed by atoms with Gasteiger partial charge in [0.25, 0.3) is 0 Å². The summed E-state index contributed by atoms with van der Waals surface area (Å²) in [6.45, 7) is 7.65. The Hall–Kier alpha value is -6.31. The van der Waals surface area contributed by atoms with Crippen molar-refractivity contribution in [3.63, 3.8) is 0 Å². The molecule has 0 saturated carbocycles. The Kier molecular flexibility index (Phi) is 5.53. The minimum Gasteiger partial charge on any atom is -0.309 e. The quantitative estimate of drug-likeness (QED) is 0.156. The Bertz CT molecular complexity index is 2650. The summed E-state index contributed by atoms with van der Waals surface area (Å²) in [4.78, 5) is 13.9. The lowest BCUT2D eigenvalue weighted by Gasteiger charge is -2.13.